The quantitative estimate of drug-likeness (QED) is 0.472. The van der Waals surface area contributed by atoms with E-state index in [1.807, 2.05) is 27.7 Å². The van der Waals surface area contributed by atoms with Crippen molar-refractivity contribution in [1.82, 2.24) is 16.0 Å². The Hall–Kier alpha value is -1.63. The Morgan fingerprint density at radius 3 is 2.19 bits per heavy atom. The maximum Gasteiger partial charge on any atom is 0.239 e. The third-order valence-corrected chi connectivity index (χ3v) is 4.70. The van der Waals surface area contributed by atoms with Gasteiger partial charge < -0.3 is 20.7 Å². The molecule has 1 aliphatic carbocycles. The van der Waals surface area contributed by atoms with Crippen molar-refractivity contribution in [3.8, 4) is 0 Å². The maximum absolute atomic E-state index is 12.2. The van der Waals surface area contributed by atoms with Gasteiger partial charge >= 0.3 is 0 Å². The molecule has 1 fully saturated rings. The van der Waals surface area contributed by atoms with E-state index in [2.05, 4.69) is 16.0 Å². The van der Waals surface area contributed by atoms with Crippen molar-refractivity contribution in [2.24, 2.45) is 17.8 Å². The first kappa shape index (κ1) is 23.4. The molecule has 0 heterocycles. The van der Waals surface area contributed by atoms with Gasteiger partial charge in [-0.25, -0.2) is 0 Å². The van der Waals surface area contributed by atoms with Crippen LogP contribution in [-0.4, -0.2) is 50.1 Å². The van der Waals surface area contributed by atoms with Gasteiger partial charge in [-0.3, -0.25) is 14.4 Å². The van der Waals surface area contributed by atoms with E-state index in [0.717, 1.165) is 25.7 Å². The maximum atomic E-state index is 12.2. The molecule has 1 saturated carbocycles. The molecule has 0 radical (unpaired) electrons. The Kier molecular flexibility index (Phi) is 11.0. The van der Waals surface area contributed by atoms with Crippen molar-refractivity contribution in [1.29, 1.82) is 0 Å². The van der Waals surface area contributed by atoms with E-state index < -0.39 is 0 Å². The van der Waals surface area contributed by atoms with Gasteiger partial charge in [0.2, 0.25) is 17.7 Å². The van der Waals surface area contributed by atoms with Gasteiger partial charge in [0.1, 0.15) is 0 Å². The lowest BCUT2D eigenvalue weighted by atomic mass is 9.81. The summed E-state index contributed by atoms with van der Waals surface area (Å²) in [6.07, 6.45) is 4.17. The predicted octanol–water partition coefficient (Wildman–Crippen LogP) is 1.61. The number of hydrogen-bond donors (Lipinski definition) is 3. The molecule has 0 aliphatic heterocycles. The molecule has 0 unspecified atom stereocenters. The number of amides is 3. The van der Waals surface area contributed by atoms with Gasteiger partial charge in [-0.2, -0.15) is 0 Å². The van der Waals surface area contributed by atoms with E-state index in [-0.39, 0.29) is 42.2 Å². The molecule has 0 atom stereocenters. The third-order valence-electron chi connectivity index (χ3n) is 4.70. The van der Waals surface area contributed by atoms with Crippen LogP contribution in [0.25, 0.3) is 0 Å². The molecule has 0 aromatic rings. The minimum absolute atomic E-state index is 0.0295. The first-order valence-corrected chi connectivity index (χ1v) is 10.2. The number of ether oxygens (including phenoxy) is 1. The Balaban J connectivity index is 2.13. The molecule has 3 N–H and O–H groups in total. The first-order chi connectivity index (χ1) is 12.8. The van der Waals surface area contributed by atoms with Crippen LogP contribution < -0.4 is 16.0 Å². The van der Waals surface area contributed by atoms with Crippen LogP contribution in [0.4, 0.5) is 0 Å². The van der Waals surface area contributed by atoms with Gasteiger partial charge in [0, 0.05) is 25.4 Å². The standard InChI is InChI=1S/C20H37N3O4/c1-14(2)11-18(24)23-13-19(25)22-12-16-5-7-17(8-6-16)20(26)21-9-10-27-15(3)4/h14-17H,5-13H2,1-4H3,(H,21,26)(H,22,25)(H,23,24). The van der Waals surface area contributed by atoms with Gasteiger partial charge in [0.15, 0.2) is 0 Å². The monoisotopic (exact) mass is 383 g/mol. The summed E-state index contributed by atoms with van der Waals surface area (Å²) in [5.41, 5.74) is 0. The number of carbonyl (C=O) groups is 3. The first-order valence-electron chi connectivity index (χ1n) is 10.2. The average molecular weight is 384 g/mol. The minimum atomic E-state index is -0.155. The van der Waals surface area contributed by atoms with E-state index in [4.69, 9.17) is 4.74 Å². The summed E-state index contributed by atoms with van der Waals surface area (Å²) in [5, 5.41) is 8.47. The SMILES string of the molecule is CC(C)CC(=O)NCC(=O)NCC1CCC(C(=O)NCCOC(C)C)CC1. The Morgan fingerprint density at radius 1 is 0.926 bits per heavy atom. The molecular weight excluding hydrogens is 346 g/mol. The predicted molar refractivity (Wildman–Crippen MR) is 105 cm³/mol. The van der Waals surface area contributed by atoms with Gasteiger partial charge in [-0.15, -0.1) is 0 Å². The molecule has 1 rings (SSSR count). The van der Waals surface area contributed by atoms with Gasteiger partial charge in [0.05, 0.1) is 19.3 Å². The van der Waals surface area contributed by atoms with Crippen LogP contribution in [0, 0.1) is 17.8 Å². The second kappa shape index (κ2) is 12.7. The summed E-state index contributed by atoms with van der Waals surface area (Å²) in [6, 6.07) is 0. The summed E-state index contributed by atoms with van der Waals surface area (Å²) >= 11 is 0. The fourth-order valence-corrected chi connectivity index (χ4v) is 3.18. The van der Waals surface area contributed by atoms with E-state index in [1.165, 1.54) is 0 Å². The molecule has 156 valence electrons. The fraction of sp³-hybridized carbons (Fsp3) is 0.850. The van der Waals surface area contributed by atoms with Gasteiger partial charge in [-0.05, 0) is 51.4 Å². The molecule has 7 nitrogen and oxygen atoms in total. The fourth-order valence-electron chi connectivity index (χ4n) is 3.18. The summed E-state index contributed by atoms with van der Waals surface area (Å²) in [5.74, 6) is 0.600. The Labute approximate surface area is 163 Å². The van der Waals surface area contributed by atoms with Crippen LogP contribution in [0.1, 0.15) is 59.8 Å². The third kappa shape index (κ3) is 11.0. The molecule has 27 heavy (non-hydrogen) atoms. The van der Waals surface area contributed by atoms with E-state index in [1.54, 1.807) is 0 Å². The highest BCUT2D eigenvalue weighted by Gasteiger charge is 2.26. The zero-order chi connectivity index (χ0) is 20.2. The van der Waals surface area contributed by atoms with E-state index in [9.17, 15) is 14.4 Å². The van der Waals surface area contributed by atoms with E-state index >= 15 is 0 Å². The number of rotatable bonds is 11. The second-order valence-corrected chi connectivity index (χ2v) is 8.11. The number of nitrogens with one attached hydrogen (secondary N) is 3. The highest BCUT2D eigenvalue weighted by atomic mass is 16.5. The highest BCUT2D eigenvalue weighted by molar-refractivity contribution is 5.84. The van der Waals surface area contributed by atoms with Crippen LogP contribution in [-0.2, 0) is 19.1 Å². The van der Waals surface area contributed by atoms with Crippen LogP contribution in [0.3, 0.4) is 0 Å². The summed E-state index contributed by atoms with van der Waals surface area (Å²) in [6.45, 7) is 9.61. The van der Waals surface area contributed by atoms with Crippen molar-refractivity contribution in [2.45, 2.75) is 65.9 Å². The van der Waals surface area contributed by atoms with Crippen molar-refractivity contribution in [3.63, 3.8) is 0 Å². The van der Waals surface area contributed by atoms with Crippen LogP contribution in [0.5, 0.6) is 0 Å². The number of hydrogen-bond acceptors (Lipinski definition) is 4. The van der Waals surface area contributed by atoms with Gasteiger partial charge in [0.25, 0.3) is 0 Å². The van der Waals surface area contributed by atoms with Crippen molar-refractivity contribution in [2.75, 3.05) is 26.2 Å². The minimum Gasteiger partial charge on any atom is -0.377 e. The summed E-state index contributed by atoms with van der Waals surface area (Å²) in [4.78, 5) is 35.6. The largest absolute Gasteiger partial charge is 0.377 e. The zero-order valence-corrected chi connectivity index (χ0v) is 17.3. The van der Waals surface area contributed by atoms with E-state index in [0.29, 0.717) is 32.0 Å². The van der Waals surface area contributed by atoms with Crippen molar-refractivity contribution in [3.05, 3.63) is 0 Å². The molecule has 1 aliphatic rings. The molecule has 0 bridgehead atoms. The Morgan fingerprint density at radius 2 is 1.59 bits per heavy atom. The summed E-state index contributed by atoms with van der Waals surface area (Å²) in [7, 11) is 0. The molecule has 0 aromatic heterocycles. The van der Waals surface area contributed by atoms with Crippen molar-refractivity contribution >= 4 is 17.7 Å². The number of carbonyl (C=O) groups excluding carboxylic acids is 3. The molecule has 0 aromatic carbocycles. The van der Waals surface area contributed by atoms with Crippen LogP contribution >= 0.6 is 0 Å². The average Bonchev–Trinajstić information content (AvgIpc) is 2.61. The normalized spacial score (nSPS) is 19.8. The lowest BCUT2D eigenvalue weighted by Crippen LogP contribution is -2.40. The second-order valence-electron chi connectivity index (χ2n) is 8.11. The molecule has 0 spiro atoms. The smallest absolute Gasteiger partial charge is 0.239 e. The zero-order valence-electron chi connectivity index (χ0n) is 17.3. The molecule has 0 saturated heterocycles. The van der Waals surface area contributed by atoms with Crippen molar-refractivity contribution < 1.29 is 19.1 Å². The lowest BCUT2D eigenvalue weighted by Gasteiger charge is -2.28. The topological polar surface area (TPSA) is 96.5 Å². The Bertz CT molecular complexity index is 472. The van der Waals surface area contributed by atoms with Gasteiger partial charge in [-0.1, -0.05) is 13.8 Å². The van der Waals surface area contributed by atoms with Crippen LogP contribution in [0.15, 0.2) is 0 Å². The lowest BCUT2D eigenvalue weighted by molar-refractivity contribution is -0.127. The molecule has 3 amide bonds. The van der Waals surface area contributed by atoms with Crippen LogP contribution in [0.2, 0.25) is 0 Å². The highest BCUT2D eigenvalue weighted by Crippen LogP contribution is 2.28. The molecule has 7 heteroatoms. The summed E-state index contributed by atoms with van der Waals surface area (Å²) < 4.78 is 5.42. The molecular formula is C20H37N3O4.